The maximum absolute atomic E-state index is 12.1. The second-order valence-electron chi connectivity index (χ2n) is 7.44. The largest absolute Gasteiger partial charge is 0.460 e. The van der Waals surface area contributed by atoms with Crippen LogP contribution in [-0.4, -0.2) is 24.0 Å². The number of carbonyl (C=O) groups excluding carboxylic acids is 2. The van der Waals surface area contributed by atoms with E-state index in [1.165, 1.54) is 0 Å². The standard InChI is InChI=1S/C20H28O4/c1-20(2,3)24-19(22)17-13-16(17)18(21)11-7-8-12-23-14-15-9-5-4-6-10-15/h4-6,9-10,16-17H,7-8,11-14H2,1-3H3/t16-,17-/m0/s1. The molecule has 4 heteroatoms. The molecule has 1 aliphatic rings. The van der Waals surface area contributed by atoms with Crippen LogP contribution in [0.1, 0.15) is 52.0 Å². The Morgan fingerprint density at radius 2 is 1.79 bits per heavy atom. The topological polar surface area (TPSA) is 52.6 Å². The monoisotopic (exact) mass is 332 g/mol. The lowest BCUT2D eigenvalue weighted by atomic mass is 10.1. The van der Waals surface area contributed by atoms with Gasteiger partial charge in [-0.15, -0.1) is 0 Å². The zero-order valence-corrected chi connectivity index (χ0v) is 14.9. The zero-order chi connectivity index (χ0) is 17.6. The average Bonchev–Trinajstić information content (AvgIpc) is 3.30. The number of carbonyl (C=O) groups is 2. The lowest BCUT2D eigenvalue weighted by Crippen LogP contribution is -2.25. The first kappa shape index (κ1) is 18.7. The predicted octanol–water partition coefficient (Wildman–Crippen LogP) is 3.92. The number of ether oxygens (including phenoxy) is 2. The van der Waals surface area contributed by atoms with E-state index in [4.69, 9.17) is 9.47 Å². The van der Waals surface area contributed by atoms with E-state index in [0.717, 1.165) is 18.4 Å². The van der Waals surface area contributed by atoms with Crippen molar-refractivity contribution in [2.45, 2.75) is 58.7 Å². The van der Waals surface area contributed by atoms with Gasteiger partial charge in [0.25, 0.3) is 0 Å². The summed E-state index contributed by atoms with van der Waals surface area (Å²) < 4.78 is 10.9. The van der Waals surface area contributed by atoms with Gasteiger partial charge in [0, 0.05) is 18.9 Å². The Bertz CT molecular complexity index is 545. The molecule has 1 aromatic carbocycles. The highest BCUT2D eigenvalue weighted by Crippen LogP contribution is 2.42. The molecule has 2 rings (SSSR count). The molecular formula is C20H28O4. The first-order valence-corrected chi connectivity index (χ1v) is 8.74. The van der Waals surface area contributed by atoms with Crippen LogP contribution in [0.4, 0.5) is 0 Å². The number of Topliss-reactive ketones (excluding diaryl/α,β-unsaturated/α-hetero) is 1. The Kier molecular flexibility index (Phi) is 6.55. The van der Waals surface area contributed by atoms with Crippen molar-refractivity contribution < 1.29 is 19.1 Å². The summed E-state index contributed by atoms with van der Waals surface area (Å²) in [5, 5.41) is 0. The number of esters is 1. The molecule has 0 unspecified atom stereocenters. The first-order chi connectivity index (χ1) is 11.4. The molecule has 0 N–H and O–H groups in total. The third kappa shape index (κ3) is 6.44. The number of rotatable bonds is 9. The van der Waals surface area contributed by atoms with Gasteiger partial charge in [-0.1, -0.05) is 30.3 Å². The highest BCUT2D eigenvalue weighted by molar-refractivity contribution is 5.91. The van der Waals surface area contributed by atoms with E-state index in [0.29, 0.717) is 26.1 Å². The highest BCUT2D eigenvalue weighted by Gasteiger charge is 2.49. The maximum atomic E-state index is 12.1. The molecule has 0 amide bonds. The molecule has 2 atom stereocenters. The average molecular weight is 332 g/mol. The zero-order valence-electron chi connectivity index (χ0n) is 14.9. The summed E-state index contributed by atoms with van der Waals surface area (Å²) in [5.41, 5.74) is 0.676. The fraction of sp³-hybridized carbons (Fsp3) is 0.600. The summed E-state index contributed by atoms with van der Waals surface area (Å²) in [4.78, 5) is 24.0. The molecule has 1 saturated carbocycles. The summed E-state index contributed by atoms with van der Waals surface area (Å²) in [5.74, 6) is -0.378. The van der Waals surface area contributed by atoms with Crippen molar-refractivity contribution in [3.8, 4) is 0 Å². The summed E-state index contributed by atoms with van der Waals surface area (Å²) in [6.45, 7) is 6.80. The van der Waals surface area contributed by atoms with Crippen LogP contribution in [0.15, 0.2) is 30.3 Å². The van der Waals surface area contributed by atoms with E-state index in [2.05, 4.69) is 0 Å². The molecule has 24 heavy (non-hydrogen) atoms. The maximum Gasteiger partial charge on any atom is 0.310 e. The Balaban J connectivity index is 1.54. The van der Waals surface area contributed by atoms with Gasteiger partial charge in [0.1, 0.15) is 11.4 Å². The molecule has 132 valence electrons. The van der Waals surface area contributed by atoms with Crippen molar-refractivity contribution in [1.82, 2.24) is 0 Å². The van der Waals surface area contributed by atoms with Gasteiger partial charge in [-0.25, -0.2) is 0 Å². The molecular weight excluding hydrogens is 304 g/mol. The van der Waals surface area contributed by atoms with E-state index in [9.17, 15) is 9.59 Å². The second kappa shape index (κ2) is 8.43. The molecule has 0 radical (unpaired) electrons. The highest BCUT2D eigenvalue weighted by atomic mass is 16.6. The third-order valence-corrected chi connectivity index (χ3v) is 3.99. The van der Waals surface area contributed by atoms with Gasteiger partial charge in [-0.3, -0.25) is 9.59 Å². The van der Waals surface area contributed by atoms with Gasteiger partial charge >= 0.3 is 5.97 Å². The van der Waals surface area contributed by atoms with E-state index >= 15 is 0 Å². The van der Waals surface area contributed by atoms with Crippen LogP contribution in [0.3, 0.4) is 0 Å². The number of unbranched alkanes of at least 4 members (excludes halogenated alkanes) is 1. The van der Waals surface area contributed by atoms with Crippen molar-refractivity contribution in [2.24, 2.45) is 11.8 Å². The van der Waals surface area contributed by atoms with Crippen molar-refractivity contribution in [3.05, 3.63) is 35.9 Å². The van der Waals surface area contributed by atoms with Crippen molar-refractivity contribution in [2.75, 3.05) is 6.61 Å². The van der Waals surface area contributed by atoms with E-state index < -0.39 is 5.60 Å². The quantitative estimate of drug-likeness (QED) is 0.508. The van der Waals surface area contributed by atoms with Crippen LogP contribution >= 0.6 is 0 Å². The molecule has 0 bridgehead atoms. The van der Waals surface area contributed by atoms with E-state index in [1.54, 1.807) is 0 Å². The van der Waals surface area contributed by atoms with E-state index in [1.807, 2.05) is 51.1 Å². The van der Waals surface area contributed by atoms with Crippen LogP contribution < -0.4 is 0 Å². The summed E-state index contributed by atoms with van der Waals surface area (Å²) in [6, 6.07) is 10.0. The Labute approximate surface area is 144 Å². The molecule has 4 nitrogen and oxygen atoms in total. The summed E-state index contributed by atoms with van der Waals surface area (Å²) in [7, 11) is 0. The molecule has 0 aromatic heterocycles. The molecule has 0 saturated heterocycles. The van der Waals surface area contributed by atoms with E-state index in [-0.39, 0.29) is 23.6 Å². The number of hydrogen-bond acceptors (Lipinski definition) is 4. The van der Waals surface area contributed by atoms with Gasteiger partial charge < -0.3 is 9.47 Å². The van der Waals surface area contributed by atoms with Crippen molar-refractivity contribution >= 4 is 11.8 Å². The molecule has 1 aromatic rings. The molecule has 0 aliphatic heterocycles. The molecule has 1 fully saturated rings. The van der Waals surface area contributed by atoms with Gasteiger partial charge in [-0.2, -0.15) is 0 Å². The number of hydrogen-bond donors (Lipinski definition) is 0. The van der Waals surface area contributed by atoms with Crippen LogP contribution in [0.5, 0.6) is 0 Å². The number of ketones is 1. The summed E-state index contributed by atoms with van der Waals surface area (Å²) >= 11 is 0. The fourth-order valence-corrected chi connectivity index (χ4v) is 2.64. The SMILES string of the molecule is CC(C)(C)OC(=O)[C@H]1C[C@@H]1C(=O)CCCCOCc1ccccc1. The van der Waals surface area contributed by atoms with Crippen LogP contribution in [0.2, 0.25) is 0 Å². The van der Waals surface area contributed by atoms with Crippen LogP contribution in [-0.2, 0) is 25.7 Å². The molecule has 1 aliphatic carbocycles. The minimum absolute atomic E-state index is 0.120. The van der Waals surface area contributed by atoms with Crippen molar-refractivity contribution in [1.29, 1.82) is 0 Å². The smallest absolute Gasteiger partial charge is 0.310 e. The lowest BCUT2D eigenvalue weighted by molar-refractivity contribution is -0.157. The number of benzene rings is 1. The van der Waals surface area contributed by atoms with Gasteiger partial charge in [-0.05, 0) is 45.6 Å². The van der Waals surface area contributed by atoms with Crippen LogP contribution in [0, 0.1) is 11.8 Å². The molecule has 0 spiro atoms. The fourth-order valence-electron chi connectivity index (χ4n) is 2.64. The minimum atomic E-state index is -0.483. The van der Waals surface area contributed by atoms with Gasteiger partial charge in [0.2, 0.25) is 0 Å². The normalized spacial score (nSPS) is 19.8. The Hall–Kier alpha value is -1.68. The molecule has 0 heterocycles. The van der Waals surface area contributed by atoms with Gasteiger partial charge in [0.05, 0.1) is 12.5 Å². The first-order valence-electron chi connectivity index (χ1n) is 8.74. The van der Waals surface area contributed by atoms with Crippen molar-refractivity contribution in [3.63, 3.8) is 0 Å². The lowest BCUT2D eigenvalue weighted by Gasteiger charge is -2.19. The Morgan fingerprint density at radius 1 is 1.08 bits per heavy atom. The van der Waals surface area contributed by atoms with Gasteiger partial charge in [0.15, 0.2) is 0 Å². The van der Waals surface area contributed by atoms with Crippen LogP contribution in [0.25, 0.3) is 0 Å². The third-order valence-electron chi connectivity index (χ3n) is 3.99. The second-order valence-corrected chi connectivity index (χ2v) is 7.44. The summed E-state index contributed by atoms with van der Waals surface area (Å²) in [6.07, 6.45) is 2.85. The Morgan fingerprint density at radius 3 is 2.46 bits per heavy atom. The minimum Gasteiger partial charge on any atom is -0.460 e. The predicted molar refractivity (Wildman–Crippen MR) is 92.4 cm³/mol.